The average molecular weight is 463 g/mol. The highest BCUT2D eigenvalue weighted by Gasteiger charge is 2.46. The number of amides is 1. The van der Waals surface area contributed by atoms with E-state index in [1.807, 2.05) is 18.2 Å². The number of thiazole rings is 1. The van der Waals surface area contributed by atoms with Gasteiger partial charge in [-0.1, -0.05) is 42.5 Å². The first-order valence-electron chi connectivity index (χ1n) is 10.0. The number of phenolic OH excluding ortho intramolecular Hbond substituents is 1. The van der Waals surface area contributed by atoms with Gasteiger partial charge < -0.3 is 10.2 Å². The van der Waals surface area contributed by atoms with Crippen LogP contribution >= 0.6 is 22.7 Å². The summed E-state index contributed by atoms with van der Waals surface area (Å²) in [5.74, 6) is -1.58. The number of aliphatic hydroxyl groups excluding tert-OH is 1. The van der Waals surface area contributed by atoms with Crippen LogP contribution in [0.5, 0.6) is 5.75 Å². The summed E-state index contributed by atoms with van der Waals surface area (Å²) in [7, 11) is 0. The highest BCUT2D eigenvalue weighted by atomic mass is 32.1. The van der Waals surface area contributed by atoms with Crippen molar-refractivity contribution in [2.75, 3.05) is 4.90 Å². The molecule has 8 heteroatoms. The molecule has 1 aliphatic heterocycles. The molecule has 0 bridgehead atoms. The molecule has 0 radical (unpaired) electrons. The number of phenols is 1. The molecule has 32 heavy (non-hydrogen) atoms. The van der Waals surface area contributed by atoms with Crippen LogP contribution in [-0.4, -0.2) is 26.9 Å². The number of hydrogen-bond acceptors (Lipinski definition) is 7. The Bertz CT molecular complexity index is 1370. The van der Waals surface area contributed by atoms with Gasteiger partial charge in [-0.3, -0.25) is 14.5 Å². The molecule has 2 aromatic heterocycles. The molecular formula is C24H18N2O4S2. The first kappa shape index (κ1) is 20.4. The SMILES string of the molecule is CCc1ccc2nc(N3C(=O)C(O)=C(C(=O)c4cccs4)C3c3ccc(O)cc3)sc2c1. The summed E-state index contributed by atoms with van der Waals surface area (Å²) in [6.07, 6.45) is 0.879. The topological polar surface area (TPSA) is 90.7 Å². The normalized spacial score (nSPS) is 16.3. The number of aromatic nitrogens is 1. The molecular weight excluding hydrogens is 444 g/mol. The number of aliphatic hydroxyl groups is 1. The van der Waals surface area contributed by atoms with Crippen molar-refractivity contribution in [3.63, 3.8) is 0 Å². The van der Waals surface area contributed by atoms with E-state index in [0.717, 1.165) is 22.2 Å². The maximum absolute atomic E-state index is 13.3. The summed E-state index contributed by atoms with van der Waals surface area (Å²) in [5.41, 5.74) is 2.51. The molecule has 6 nitrogen and oxygen atoms in total. The van der Waals surface area contributed by atoms with Crippen LogP contribution < -0.4 is 4.90 Å². The zero-order chi connectivity index (χ0) is 22.4. The van der Waals surface area contributed by atoms with Crippen molar-refractivity contribution >= 4 is 49.7 Å². The zero-order valence-electron chi connectivity index (χ0n) is 17.0. The lowest BCUT2D eigenvalue weighted by Gasteiger charge is -2.24. The third kappa shape index (κ3) is 3.28. The molecule has 0 aliphatic carbocycles. The summed E-state index contributed by atoms with van der Waals surface area (Å²) in [4.78, 5) is 33.0. The zero-order valence-corrected chi connectivity index (χ0v) is 18.6. The van der Waals surface area contributed by atoms with Crippen LogP contribution in [0.1, 0.15) is 33.8 Å². The second kappa shape index (κ2) is 7.89. The molecule has 1 atom stereocenters. The number of fused-ring (bicyclic) bond motifs is 1. The molecule has 1 aliphatic rings. The third-order valence-corrected chi connectivity index (χ3v) is 7.35. The smallest absolute Gasteiger partial charge is 0.296 e. The molecule has 1 amide bonds. The Labute approximate surface area is 191 Å². The minimum Gasteiger partial charge on any atom is -0.508 e. The lowest BCUT2D eigenvalue weighted by Crippen LogP contribution is -2.30. The van der Waals surface area contributed by atoms with Gasteiger partial charge >= 0.3 is 0 Å². The molecule has 4 aromatic rings. The van der Waals surface area contributed by atoms with Crippen molar-refractivity contribution in [1.82, 2.24) is 4.98 Å². The quantitative estimate of drug-likeness (QED) is 0.387. The molecule has 2 N–H and O–H groups in total. The Morgan fingerprint density at radius 1 is 1.12 bits per heavy atom. The second-order valence-electron chi connectivity index (χ2n) is 7.39. The van der Waals surface area contributed by atoms with E-state index in [4.69, 9.17) is 0 Å². The van der Waals surface area contributed by atoms with E-state index in [1.165, 1.54) is 39.7 Å². The number of benzene rings is 2. The first-order valence-corrected chi connectivity index (χ1v) is 11.7. The number of carbonyl (C=O) groups excluding carboxylic acids is 2. The highest BCUT2D eigenvalue weighted by Crippen LogP contribution is 2.44. The van der Waals surface area contributed by atoms with Gasteiger partial charge in [-0.05, 0) is 53.3 Å². The fourth-order valence-electron chi connectivity index (χ4n) is 3.83. The van der Waals surface area contributed by atoms with E-state index in [2.05, 4.69) is 11.9 Å². The molecule has 3 heterocycles. The highest BCUT2D eigenvalue weighted by molar-refractivity contribution is 7.22. The number of hydrogen-bond donors (Lipinski definition) is 2. The fourth-order valence-corrected chi connectivity index (χ4v) is 5.56. The van der Waals surface area contributed by atoms with E-state index < -0.39 is 23.5 Å². The van der Waals surface area contributed by atoms with Crippen LogP contribution in [0.15, 0.2) is 71.3 Å². The number of aryl methyl sites for hydroxylation is 1. The monoisotopic (exact) mass is 462 g/mol. The number of thiophene rings is 1. The Morgan fingerprint density at radius 2 is 1.91 bits per heavy atom. The molecule has 0 fully saturated rings. The van der Waals surface area contributed by atoms with Crippen LogP contribution in [-0.2, 0) is 11.2 Å². The van der Waals surface area contributed by atoms with Gasteiger partial charge in [0.1, 0.15) is 5.75 Å². The Kier molecular flexibility index (Phi) is 5.03. The Hall–Kier alpha value is -3.49. The fraction of sp³-hybridized carbons (Fsp3) is 0.125. The van der Waals surface area contributed by atoms with E-state index in [1.54, 1.807) is 29.6 Å². The van der Waals surface area contributed by atoms with Crippen molar-refractivity contribution in [3.8, 4) is 5.75 Å². The summed E-state index contributed by atoms with van der Waals surface area (Å²) in [6, 6.07) is 14.8. The first-order chi connectivity index (χ1) is 15.5. The van der Waals surface area contributed by atoms with Gasteiger partial charge in [0.15, 0.2) is 10.9 Å². The Balaban J connectivity index is 1.67. The van der Waals surface area contributed by atoms with Crippen molar-refractivity contribution in [2.45, 2.75) is 19.4 Å². The lowest BCUT2D eigenvalue weighted by atomic mass is 9.95. The van der Waals surface area contributed by atoms with Gasteiger partial charge in [-0.15, -0.1) is 11.3 Å². The predicted octanol–water partition coefficient (Wildman–Crippen LogP) is 5.41. The average Bonchev–Trinajstić information content (AvgIpc) is 3.52. The maximum Gasteiger partial charge on any atom is 0.296 e. The van der Waals surface area contributed by atoms with Gasteiger partial charge in [-0.2, -0.15) is 0 Å². The van der Waals surface area contributed by atoms with Crippen LogP contribution in [0, 0.1) is 0 Å². The van der Waals surface area contributed by atoms with Gasteiger partial charge in [-0.25, -0.2) is 4.98 Å². The summed E-state index contributed by atoms with van der Waals surface area (Å²) >= 11 is 2.59. The minimum absolute atomic E-state index is 0.0108. The van der Waals surface area contributed by atoms with Crippen LogP contribution in [0.2, 0.25) is 0 Å². The number of anilines is 1. The molecule has 5 rings (SSSR count). The van der Waals surface area contributed by atoms with Crippen molar-refractivity contribution < 1.29 is 19.8 Å². The number of carbonyl (C=O) groups is 2. The van der Waals surface area contributed by atoms with Crippen LogP contribution in [0.25, 0.3) is 10.2 Å². The van der Waals surface area contributed by atoms with Crippen molar-refractivity contribution in [3.05, 3.63) is 87.3 Å². The number of aromatic hydroxyl groups is 1. The van der Waals surface area contributed by atoms with Crippen LogP contribution in [0.4, 0.5) is 5.13 Å². The number of rotatable bonds is 5. The lowest BCUT2D eigenvalue weighted by molar-refractivity contribution is -0.117. The second-order valence-corrected chi connectivity index (χ2v) is 9.35. The van der Waals surface area contributed by atoms with Crippen molar-refractivity contribution in [2.24, 2.45) is 0 Å². The summed E-state index contributed by atoms with van der Waals surface area (Å²) < 4.78 is 0.925. The molecule has 160 valence electrons. The Morgan fingerprint density at radius 3 is 2.59 bits per heavy atom. The van der Waals surface area contributed by atoms with Gasteiger partial charge in [0.25, 0.3) is 5.91 Å². The predicted molar refractivity (Wildman–Crippen MR) is 126 cm³/mol. The van der Waals surface area contributed by atoms with Gasteiger partial charge in [0, 0.05) is 0 Å². The molecule has 2 aromatic carbocycles. The standard InChI is InChI=1S/C24H18N2O4S2/c1-2-13-5-10-16-18(12-13)32-24(25-16)26-20(14-6-8-15(27)9-7-14)19(22(29)23(26)30)21(28)17-4-3-11-31-17/h3-12,20,27,29H,2H2,1H3. The number of Topliss-reactive ketones (excluding diaryl/α,β-unsaturated/α-hetero) is 1. The molecule has 1 unspecified atom stereocenters. The van der Waals surface area contributed by atoms with E-state index >= 15 is 0 Å². The molecule has 0 saturated heterocycles. The number of ketones is 1. The van der Waals surface area contributed by atoms with Crippen LogP contribution in [0.3, 0.4) is 0 Å². The molecule has 0 spiro atoms. The van der Waals surface area contributed by atoms with Gasteiger partial charge in [0.05, 0.1) is 26.7 Å². The number of nitrogens with zero attached hydrogens (tertiary/aromatic N) is 2. The van der Waals surface area contributed by atoms with Gasteiger partial charge in [0.2, 0.25) is 5.78 Å². The maximum atomic E-state index is 13.3. The third-order valence-electron chi connectivity index (χ3n) is 5.46. The summed E-state index contributed by atoms with van der Waals surface area (Å²) in [6.45, 7) is 2.07. The van der Waals surface area contributed by atoms with E-state index in [0.29, 0.717) is 15.6 Å². The summed E-state index contributed by atoms with van der Waals surface area (Å²) in [5, 5.41) is 22.7. The largest absolute Gasteiger partial charge is 0.508 e. The minimum atomic E-state index is -0.857. The molecule has 0 saturated carbocycles. The van der Waals surface area contributed by atoms with E-state index in [-0.39, 0.29) is 11.3 Å². The van der Waals surface area contributed by atoms with Crippen molar-refractivity contribution in [1.29, 1.82) is 0 Å². The van der Waals surface area contributed by atoms with E-state index in [9.17, 15) is 19.8 Å².